The molecule has 1 N–H and O–H groups in total. The summed E-state index contributed by atoms with van der Waals surface area (Å²) in [6.07, 6.45) is -4.58. The Morgan fingerprint density at radius 2 is 1.81 bits per heavy atom. The van der Waals surface area contributed by atoms with Crippen LogP contribution in [0.4, 0.5) is 27.6 Å². The number of rotatable bonds is 6. The average Bonchev–Trinajstić information content (AvgIpc) is 2.53. The van der Waals surface area contributed by atoms with E-state index >= 15 is 0 Å². The van der Waals surface area contributed by atoms with Gasteiger partial charge in [0.15, 0.2) is 6.61 Å². The molecule has 0 heterocycles. The number of halogens is 6. The van der Waals surface area contributed by atoms with Crippen LogP contribution in [0.15, 0.2) is 42.5 Å². The molecular weight excluding hydrogens is 385 g/mol. The van der Waals surface area contributed by atoms with Crippen LogP contribution in [-0.2, 0) is 0 Å². The number of carbonyl (C=O) groups excluding carboxylic acids is 1. The van der Waals surface area contributed by atoms with Crippen molar-refractivity contribution in [3.63, 3.8) is 0 Å². The van der Waals surface area contributed by atoms with Crippen molar-refractivity contribution in [3.8, 4) is 11.5 Å². The lowest BCUT2D eigenvalue weighted by Gasteiger charge is -2.15. The highest BCUT2D eigenvalue weighted by atomic mass is 35.5. The SMILES string of the molecule is O=C(Nc1cc(Cl)ccc1OCC(F)(F)F)c1ccccc1OC(F)F. The summed E-state index contributed by atoms with van der Waals surface area (Å²) >= 11 is 5.78. The fraction of sp³-hybridized carbons (Fsp3) is 0.188. The highest BCUT2D eigenvalue weighted by Crippen LogP contribution is 2.31. The molecule has 2 aromatic carbocycles. The highest BCUT2D eigenvalue weighted by molar-refractivity contribution is 6.31. The first-order chi connectivity index (χ1) is 12.2. The van der Waals surface area contributed by atoms with Crippen molar-refractivity contribution in [2.24, 2.45) is 0 Å². The number of benzene rings is 2. The van der Waals surface area contributed by atoms with Crippen LogP contribution in [0.1, 0.15) is 10.4 Å². The molecule has 4 nitrogen and oxygen atoms in total. The lowest BCUT2D eigenvalue weighted by atomic mass is 10.2. The Labute approximate surface area is 149 Å². The van der Waals surface area contributed by atoms with Gasteiger partial charge < -0.3 is 14.8 Å². The monoisotopic (exact) mass is 395 g/mol. The van der Waals surface area contributed by atoms with Crippen molar-refractivity contribution in [3.05, 3.63) is 53.1 Å². The van der Waals surface area contributed by atoms with Crippen molar-refractivity contribution in [1.82, 2.24) is 0 Å². The number of amides is 1. The smallest absolute Gasteiger partial charge is 0.422 e. The number of hydrogen-bond acceptors (Lipinski definition) is 3. The van der Waals surface area contributed by atoms with Gasteiger partial charge in [0.2, 0.25) is 0 Å². The van der Waals surface area contributed by atoms with Gasteiger partial charge in [-0.25, -0.2) is 0 Å². The second-order valence-corrected chi connectivity index (χ2v) is 5.31. The van der Waals surface area contributed by atoms with E-state index in [9.17, 15) is 26.7 Å². The average molecular weight is 396 g/mol. The minimum absolute atomic E-state index is 0.122. The van der Waals surface area contributed by atoms with Gasteiger partial charge in [-0.1, -0.05) is 23.7 Å². The first kappa shape index (κ1) is 19.8. The zero-order chi connectivity index (χ0) is 19.3. The van der Waals surface area contributed by atoms with Gasteiger partial charge in [0.1, 0.15) is 11.5 Å². The molecule has 1 amide bonds. The number of hydrogen-bond donors (Lipinski definition) is 1. The fourth-order valence-corrected chi connectivity index (χ4v) is 2.10. The van der Waals surface area contributed by atoms with Gasteiger partial charge in [0.05, 0.1) is 11.3 Å². The Morgan fingerprint density at radius 1 is 1.12 bits per heavy atom. The Balaban J connectivity index is 2.25. The minimum Gasteiger partial charge on any atom is -0.482 e. The summed E-state index contributed by atoms with van der Waals surface area (Å²) in [5.41, 5.74) is -0.395. The molecule has 0 aromatic heterocycles. The second-order valence-electron chi connectivity index (χ2n) is 4.87. The summed E-state index contributed by atoms with van der Waals surface area (Å²) in [7, 11) is 0. The third kappa shape index (κ3) is 5.76. The third-order valence-electron chi connectivity index (χ3n) is 2.93. The normalized spacial score (nSPS) is 11.3. The van der Waals surface area contributed by atoms with E-state index < -0.39 is 25.3 Å². The number of alkyl halides is 5. The molecule has 0 atom stereocenters. The molecular formula is C16H11ClF5NO3. The van der Waals surface area contributed by atoms with Gasteiger partial charge in [-0.2, -0.15) is 22.0 Å². The first-order valence-electron chi connectivity index (χ1n) is 7.00. The molecule has 0 radical (unpaired) electrons. The summed E-state index contributed by atoms with van der Waals surface area (Å²) in [6.45, 7) is -4.73. The van der Waals surface area contributed by atoms with Gasteiger partial charge >= 0.3 is 12.8 Å². The standard InChI is InChI=1S/C16H11ClF5NO3/c17-9-5-6-13(25-8-16(20,21)22)11(7-9)23-14(24)10-3-1-2-4-12(10)26-15(18)19/h1-7,15H,8H2,(H,23,24). The summed E-state index contributed by atoms with van der Waals surface area (Å²) in [6, 6.07) is 8.75. The number of ether oxygens (including phenoxy) is 2. The molecule has 0 spiro atoms. The van der Waals surface area contributed by atoms with Crippen molar-refractivity contribution in [2.45, 2.75) is 12.8 Å². The van der Waals surface area contributed by atoms with Crippen LogP contribution < -0.4 is 14.8 Å². The molecule has 0 unspecified atom stereocenters. The van der Waals surface area contributed by atoms with Crippen LogP contribution in [0.3, 0.4) is 0 Å². The molecule has 0 fully saturated rings. The summed E-state index contributed by atoms with van der Waals surface area (Å²) in [4.78, 5) is 12.3. The Bertz CT molecular complexity index is 783. The quantitative estimate of drug-likeness (QED) is 0.689. The van der Waals surface area contributed by atoms with Crippen LogP contribution >= 0.6 is 11.6 Å². The summed E-state index contributed by atoms with van der Waals surface area (Å²) in [5.74, 6) is -1.56. The van der Waals surface area contributed by atoms with Gasteiger partial charge in [-0.3, -0.25) is 4.79 Å². The van der Waals surface area contributed by atoms with Crippen molar-refractivity contribution in [1.29, 1.82) is 0 Å². The molecule has 2 aromatic rings. The molecule has 26 heavy (non-hydrogen) atoms. The predicted octanol–water partition coefficient (Wildman–Crippen LogP) is 5.13. The topological polar surface area (TPSA) is 47.6 Å². The van der Waals surface area contributed by atoms with E-state index in [0.29, 0.717) is 0 Å². The maximum Gasteiger partial charge on any atom is 0.422 e. The fourth-order valence-electron chi connectivity index (χ4n) is 1.93. The number of para-hydroxylation sites is 1. The first-order valence-corrected chi connectivity index (χ1v) is 7.38. The van der Waals surface area contributed by atoms with Crippen LogP contribution in [0.5, 0.6) is 11.5 Å². The van der Waals surface area contributed by atoms with E-state index in [4.69, 9.17) is 11.6 Å². The Hall–Kier alpha value is -2.55. The van der Waals surface area contributed by atoms with Crippen LogP contribution in [0, 0.1) is 0 Å². The Kier molecular flexibility index (Phi) is 6.25. The molecule has 0 aliphatic rings. The van der Waals surface area contributed by atoms with E-state index in [2.05, 4.69) is 14.8 Å². The number of carbonyl (C=O) groups is 1. The number of anilines is 1. The van der Waals surface area contributed by atoms with Crippen molar-refractivity contribution < 1.29 is 36.2 Å². The van der Waals surface area contributed by atoms with E-state index in [0.717, 1.165) is 12.1 Å². The van der Waals surface area contributed by atoms with Crippen molar-refractivity contribution >= 4 is 23.2 Å². The molecule has 0 aliphatic carbocycles. The third-order valence-corrected chi connectivity index (χ3v) is 3.16. The summed E-state index contributed by atoms with van der Waals surface area (Å²) in [5, 5.41) is 2.40. The second kappa shape index (κ2) is 8.22. The minimum atomic E-state index is -4.58. The molecule has 0 saturated carbocycles. The maximum absolute atomic E-state index is 12.4. The van der Waals surface area contributed by atoms with E-state index in [1.165, 1.54) is 30.3 Å². The van der Waals surface area contributed by atoms with Gasteiger partial charge in [0, 0.05) is 5.02 Å². The van der Waals surface area contributed by atoms with Gasteiger partial charge in [-0.05, 0) is 30.3 Å². The van der Waals surface area contributed by atoms with Gasteiger partial charge in [0.25, 0.3) is 5.91 Å². The Morgan fingerprint density at radius 3 is 2.46 bits per heavy atom. The van der Waals surface area contributed by atoms with E-state index in [-0.39, 0.29) is 27.8 Å². The number of nitrogens with one attached hydrogen (secondary N) is 1. The summed E-state index contributed by atoms with van der Waals surface area (Å²) < 4.78 is 70.7. The lowest BCUT2D eigenvalue weighted by Crippen LogP contribution is -2.20. The van der Waals surface area contributed by atoms with E-state index in [1.807, 2.05) is 0 Å². The highest BCUT2D eigenvalue weighted by Gasteiger charge is 2.29. The van der Waals surface area contributed by atoms with Crippen LogP contribution in [0.2, 0.25) is 5.02 Å². The zero-order valence-electron chi connectivity index (χ0n) is 12.8. The van der Waals surface area contributed by atoms with Crippen LogP contribution in [0.25, 0.3) is 0 Å². The van der Waals surface area contributed by atoms with Crippen LogP contribution in [-0.4, -0.2) is 25.3 Å². The van der Waals surface area contributed by atoms with Gasteiger partial charge in [-0.15, -0.1) is 0 Å². The zero-order valence-corrected chi connectivity index (χ0v) is 13.6. The molecule has 0 saturated heterocycles. The predicted molar refractivity (Wildman–Crippen MR) is 84.0 cm³/mol. The molecule has 140 valence electrons. The van der Waals surface area contributed by atoms with Crippen molar-refractivity contribution in [2.75, 3.05) is 11.9 Å². The maximum atomic E-state index is 12.4. The van der Waals surface area contributed by atoms with E-state index in [1.54, 1.807) is 0 Å². The lowest BCUT2D eigenvalue weighted by molar-refractivity contribution is -0.153. The molecule has 0 bridgehead atoms. The molecule has 2 rings (SSSR count). The largest absolute Gasteiger partial charge is 0.482 e. The molecule has 10 heteroatoms. The molecule has 0 aliphatic heterocycles.